The van der Waals surface area contributed by atoms with Crippen LogP contribution in [0.3, 0.4) is 0 Å². The van der Waals surface area contributed by atoms with E-state index in [9.17, 15) is 13.2 Å². The Morgan fingerprint density at radius 3 is 2.16 bits per heavy atom. The lowest BCUT2D eigenvalue weighted by atomic mass is 10.2. The predicted octanol–water partition coefficient (Wildman–Crippen LogP) is 4.00. The number of amides is 1. The molecule has 0 bridgehead atoms. The molecule has 3 aromatic rings. The summed E-state index contributed by atoms with van der Waals surface area (Å²) in [5.74, 6) is -0.475. The summed E-state index contributed by atoms with van der Waals surface area (Å²) in [5.41, 5.74) is 2.47. The second-order valence-corrected chi connectivity index (χ2v) is 8.57. The SMILES string of the molecule is N#Cc1ccc(NC(=O)CN(Cc2ccccc2)S(=O)(=O)C=Cc2ccccc2)cc1. The summed E-state index contributed by atoms with van der Waals surface area (Å²) in [7, 11) is -3.87. The number of rotatable bonds is 8. The Bertz CT molecular complexity index is 1180. The first kappa shape index (κ1) is 22.0. The minimum Gasteiger partial charge on any atom is -0.325 e. The molecule has 0 aliphatic heterocycles. The van der Waals surface area contributed by atoms with Crippen LogP contribution in [0.15, 0.2) is 90.3 Å². The molecule has 156 valence electrons. The van der Waals surface area contributed by atoms with Crippen LogP contribution in [-0.2, 0) is 21.4 Å². The van der Waals surface area contributed by atoms with Crippen LogP contribution in [0.25, 0.3) is 6.08 Å². The third kappa shape index (κ3) is 6.64. The van der Waals surface area contributed by atoms with Crippen LogP contribution in [-0.4, -0.2) is 25.2 Å². The molecule has 0 radical (unpaired) electrons. The van der Waals surface area contributed by atoms with Gasteiger partial charge in [-0.3, -0.25) is 4.79 Å². The van der Waals surface area contributed by atoms with Gasteiger partial charge in [-0.1, -0.05) is 60.7 Å². The van der Waals surface area contributed by atoms with Gasteiger partial charge in [0, 0.05) is 17.6 Å². The van der Waals surface area contributed by atoms with Gasteiger partial charge in [-0.25, -0.2) is 8.42 Å². The molecule has 0 spiro atoms. The summed E-state index contributed by atoms with van der Waals surface area (Å²) in [6, 6.07) is 26.5. The number of hydrogen-bond acceptors (Lipinski definition) is 4. The Hall–Kier alpha value is -3.73. The first-order chi connectivity index (χ1) is 15.0. The zero-order valence-electron chi connectivity index (χ0n) is 16.7. The molecule has 3 aromatic carbocycles. The second kappa shape index (κ2) is 10.3. The van der Waals surface area contributed by atoms with Crippen molar-refractivity contribution < 1.29 is 13.2 Å². The lowest BCUT2D eigenvalue weighted by molar-refractivity contribution is -0.116. The highest BCUT2D eigenvalue weighted by Crippen LogP contribution is 2.14. The molecule has 31 heavy (non-hydrogen) atoms. The fourth-order valence-corrected chi connectivity index (χ4v) is 3.95. The van der Waals surface area contributed by atoms with Crippen LogP contribution in [0, 0.1) is 11.3 Å². The topological polar surface area (TPSA) is 90.3 Å². The molecular formula is C24H21N3O3S. The van der Waals surface area contributed by atoms with Crippen LogP contribution < -0.4 is 5.32 Å². The maximum Gasteiger partial charge on any atom is 0.239 e. The predicted molar refractivity (Wildman–Crippen MR) is 121 cm³/mol. The Morgan fingerprint density at radius 1 is 0.935 bits per heavy atom. The van der Waals surface area contributed by atoms with Crippen molar-refractivity contribution in [2.24, 2.45) is 0 Å². The average Bonchev–Trinajstić information content (AvgIpc) is 2.79. The molecular weight excluding hydrogens is 410 g/mol. The lowest BCUT2D eigenvalue weighted by Crippen LogP contribution is -2.36. The van der Waals surface area contributed by atoms with E-state index < -0.39 is 15.9 Å². The number of nitriles is 1. The molecule has 0 aliphatic carbocycles. The van der Waals surface area contributed by atoms with Crippen molar-refractivity contribution in [3.8, 4) is 6.07 Å². The maximum atomic E-state index is 13.0. The smallest absolute Gasteiger partial charge is 0.239 e. The zero-order chi connectivity index (χ0) is 22.1. The quantitative estimate of drug-likeness (QED) is 0.584. The molecule has 0 heterocycles. The van der Waals surface area contributed by atoms with Gasteiger partial charge >= 0.3 is 0 Å². The van der Waals surface area contributed by atoms with Gasteiger partial charge in [-0.15, -0.1) is 0 Å². The number of carbonyl (C=O) groups is 1. The van der Waals surface area contributed by atoms with Crippen LogP contribution in [0.5, 0.6) is 0 Å². The number of carbonyl (C=O) groups excluding carboxylic acids is 1. The summed E-state index contributed by atoms with van der Waals surface area (Å²) in [6.45, 7) is -0.292. The van der Waals surface area contributed by atoms with E-state index in [0.717, 1.165) is 20.8 Å². The first-order valence-corrected chi connectivity index (χ1v) is 11.0. The zero-order valence-corrected chi connectivity index (χ0v) is 17.5. The van der Waals surface area contributed by atoms with Crippen LogP contribution >= 0.6 is 0 Å². The summed E-state index contributed by atoms with van der Waals surface area (Å²) in [5, 5.41) is 12.7. The molecule has 6 nitrogen and oxygen atoms in total. The van der Waals surface area contributed by atoms with E-state index in [0.29, 0.717) is 11.3 Å². The lowest BCUT2D eigenvalue weighted by Gasteiger charge is -2.20. The van der Waals surface area contributed by atoms with Gasteiger partial charge in [0.15, 0.2) is 0 Å². The molecule has 1 N–H and O–H groups in total. The maximum absolute atomic E-state index is 13.0. The minimum atomic E-state index is -3.87. The fourth-order valence-electron chi connectivity index (χ4n) is 2.83. The van der Waals surface area contributed by atoms with Gasteiger partial charge in [-0.05, 0) is 41.5 Å². The van der Waals surface area contributed by atoms with Crippen molar-refractivity contribution in [3.63, 3.8) is 0 Å². The van der Waals surface area contributed by atoms with Gasteiger partial charge in [0.2, 0.25) is 15.9 Å². The summed E-state index contributed by atoms with van der Waals surface area (Å²) in [6.07, 6.45) is 1.51. The fraction of sp³-hybridized carbons (Fsp3) is 0.0833. The molecule has 0 unspecified atom stereocenters. The average molecular weight is 432 g/mol. The number of hydrogen-bond donors (Lipinski definition) is 1. The normalized spacial score (nSPS) is 11.4. The number of anilines is 1. The molecule has 0 atom stereocenters. The summed E-state index contributed by atoms with van der Waals surface area (Å²) in [4.78, 5) is 12.6. The van der Waals surface area contributed by atoms with Gasteiger partial charge < -0.3 is 5.32 Å². The molecule has 0 aromatic heterocycles. The van der Waals surface area contributed by atoms with Crippen molar-refractivity contribution in [3.05, 3.63) is 107 Å². The van der Waals surface area contributed by atoms with Gasteiger partial charge in [-0.2, -0.15) is 9.57 Å². The molecule has 0 saturated heterocycles. The van der Waals surface area contributed by atoms with Crippen molar-refractivity contribution in [2.75, 3.05) is 11.9 Å². The van der Waals surface area contributed by atoms with Gasteiger partial charge in [0.05, 0.1) is 18.2 Å². The van der Waals surface area contributed by atoms with E-state index >= 15 is 0 Å². The van der Waals surface area contributed by atoms with Crippen molar-refractivity contribution >= 4 is 27.7 Å². The molecule has 7 heteroatoms. The van der Waals surface area contributed by atoms with E-state index in [4.69, 9.17) is 5.26 Å². The standard InChI is InChI=1S/C24H21N3O3S/c25-17-21-11-13-23(14-12-21)26-24(28)19-27(18-22-9-5-2-6-10-22)31(29,30)16-15-20-7-3-1-4-8-20/h1-16H,18-19H2,(H,26,28). The summed E-state index contributed by atoms with van der Waals surface area (Å²) >= 11 is 0. The van der Waals surface area contributed by atoms with E-state index in [1.54, 1.807) is 36.4 Å². The highest BCUT2D eigenvalue weighted by molar-refractivity contribution is 7.92. The summed E-state index contributed by atoms with van der Waals surface area (Å²) < 4.78 is 27.1. The van der Waals surface area contributed by atoms with Crippen LogP contribution in [0.2, 0.25) is 0 Å². The highest BCUT2D eigenvalue weighted by atomic mass is 32.2. The largest absolute Gasteiger partial charge is 0.325 e. The van der Waals surface area contributed by atoms with Gasteiger partial charge in [0.1, 0.15) is 0 Å². The molecule has 0 fully saturated rings. The van der Waals surface area contributed by atoms with Crippen LogP contribution in [0.1, 0.15) is 16.7 Å². The van der Waals surface area contributed by atoms with Crippen molar-refractivity contribution in [1.29, 1.82) is 5.26 Å². The second-order valence-electron chi connectivity index (χ2n) is 6.75. The Morgan fingerprint density at radius 2 is 1.55 bits per heavy atom. The number of benzene rings is 3. The number of nitrogens with one attached hydrogen (secondary N) is 1. The number of sulfonamides is 1. The van der Waals surface area contributed by atoms with E-state index in [1.165, 1.54) is 6.08 Å². The first-order valence-electron chi connectivity index (χ1n) is 9.53. The van der Waals surface area contributed by atoms with Crippen molar-refractivity contribution in [1.82, 2.24) is 4.31 Å². The van der Waals surface area contributed by atoms with E-state index in [1.807, 2.05) is 54.6 Å². The highest BCUT2D eigenvalue weighted by Gasteiger charge is 2.23. The molecule has 0 saturated carbocycles. The molecule has 1 amide bonds. The third-order valence-corrected chi connectivity index (χ3v) is 5.87. The van der Waals surface area contributed by atoms with E-state index in [-0.39, 0.29) is 13.1 Å². The molecule has 0 aliphatic rings. The van der Waals surface area contributed by atoms with Crippen LogP contribution in [0.4, 0.5) is 5.69 Å². The Balaban J connectivity index is 1.78. The number of nitrogens with zero attached hydrogens (tertiary/aromatic N) is 2. The monoisotopic (exact) mass is 431 g/mol. The Labute approximate surface area is 182 Å². The third-order valence-electron chi connectivity index (χ3n) is 4.41. The van der Waals surface area contributed by atoms with Crippen molar-refractivity contribution in [2.45, 2.75) is 6.54 Å². The van der Waals surface area contributed by atoms with Gasteiger partial charge in [0.25, 0.3) is 0 Å². The molecule has 3 rings (SSSR count). The minimum absolute atomic E-state index is 0.0586. The van der Waals surface area contributed by atoms with E-state index in [2.05, 4.69) is 5.32 Å². The Kier molecular flexibility index (Phi) is 7.33.